The van der Waals surface area contributed by atoms with Gasteiger partial charge in [0.1, 0.15) is 22.7 Å². The maximum atomic E-state index is 9.44. The Bertz CT molecular complexity index is 1790. The summed E-state index contributed by atoms with van der Waals surface area (Å²) in [5, 5.41) is 25.7. The van der Waals surface area contributed by atoms with Gasteiger partial charge in [-0.05, 0) is 94.7 Å². The normalized spacial score (nSPS) is 9.30. The molecule has 0 heterocycles. The first-order chi connectivity index (χ1) is 31.2. The number of benzene rings is 6. The SMILES string of the molecule is C=CC.CC(C)(OO)c1ccccc1.CC(C)(OO)c1ccccc1.CC(C)=O.CC(C)c1ccccc1.CC(C)c1ccccc1.O=O.Oc1ccccc1.[Cl][Al]([Cl])[Cl].[H+].c1ccccc1. The van der Waals surface area contributed by atoms with Crippen LogP contribution in [0.25, 0.3) is 0 Å². The summed E-state index contributed by atoms with van der Waals surface area (Å²) < 4.78 is 0. The van der Waals surface area contributed by atoms with Gasteiger partial charge < -0.3 is 9.90 Å². The Labute approximate surface area is 414 Å². The number of hydrogen-bond acceptors (Lipinski definition) is 8. The van der Waals surface area contributed by atoms with Crippen molar-refractivity contribution in [3.8, 4) is 5.75 Å². The quantitative estimate of drug-likeness (QED) is 0.0651. The molecule has 3 N–H and O–H groups in total. The van der Waals surface area contributed by atoms with Crippen LogP contribution in [0.4, 0.5) is 0 Å². The lowest BCUT2D eigenvalue weighted by Gasteiger charge is -2.20. The van der Waals surface area contributed by atoms with E-state index in [9.17, 15) is 4.79 Å². The minimum absolute atomic E-state index is 0. The summed E-state index contributed by atoms with van der Waals surface area (Å²) >= 11 is -1.72. The second-order valence-corrected chi connectivity index (χ2v) is 21.6. The van der Waals surface area contributed by atoms with Crippen LogP contribution < -0.4 is 0 Å². The minimum Gasteiger partial charge on any atom is -0.508 e. The van der Waals surface area contributed by atoms with E-state index in [4.69, 9.17) is 55.7 Å². The molecule has 0 amide bonds. The molecular weight excluding hydrogens is 910 g/mol. The maximum absolute atomic E-state index is 9.44. The summed E-state index contributed by atoms with van der Waals surface area (Å²) in [6.07, 6.45) is 1.75. The predicted octanol–water partition coefficient (Wildman–Crippen LogP) is 17.2. The van der Waals surface area contributed by atoms with Crippen LogP contribution in [-0.4, -0.2) is 32.8 Å². The molecule has 6 aromatic carbocycles. The first kappa shape index (κ1) is 68.0. The number of halogens is 3. The molecule has 0 fully saturated rings. The molecule has 0 saturated carbocycles. The number of phenolic OH excluding ortho intramolecular Hbond substituents is 1. The number of aromatic hydroxyl groups is 1. The molecule has 0 spiro atoms. The van der Waals surface area contributed by atoms with Crippen molar-refractivity contribution < 1.29 is 31.6 Å². The topological polar surface area (TPSA) is 130 Å². The third-order valence-corrected chi connectivity index (χ3v) is 7.75. The maximum Gasteiger partial charge on any atom is 1.00 e. The van der Waals surface area contributed by atoms with Crippen molar-refractivity contribution in [2.75, 3.05) is 0 Å². The van der Waals surface area contributed by atoms with E-state index in [0.29, 0.717) is 17.6 Å². The van der Waals surface area contributed by atoms with Gasteiger partial charge in [0.15, 0.2) is 0 Å². The van der Waals surface area contributed by atoms with E-state index < -0.39 is 22.6 Å². The van der Waals surface area contributed by atoms with Gasteiger partial charge >= 0.3 is 12.8 Å². The largest absolute Gasteiger partial charge is 1.00 e. The second-order valence-electron chi connectivity index (χ2n) is 15.1. The fourth-order valence-electron chi connectivity index (χ4n) is 4.27. The number of allylic oxidation sites excluding steroid dienone is 1. The Kier molecular flexibility index (Phi) is 46.9. The fraction of sp³-hybridized carbons (Fsp3) is 0.278. The molecule has 8 nitrogen and oxygen atoms in total. The smallest absolute Gasteiger partial charge is 0.508 e. The molecule has 0 unspecified atom stereocenters. The summed E-state index contributed by atoms with van der Waals surface area (Å²) in [6.45, 7) is 24.4. The number of phenols is 1. The van der Waals surface area contributed by atoms with Crippen LogP contribution in [0.3, 0.4) is 0 Å². The monoisotopic (exact) mass is 981 g/mol. The lowest BCUT2D eigenvalue weighted by molar-refractivity contribution is -0.318. The summed E-state index contributed by atoms with van der Waals surface area (Å²) in [5.74, 6) is 1.81. The zero-order valence-corrected chi connectivity index (χ0v) is 43.9. The van der Waals surface area contributed by atoms with E-state index in [1.807, 2.05) is 150 Å². The fourth-order valence-corrected chi connectivity index (χ4v) is 4.27. The highest BCUT2D eigenvalue weighted by molar-refractivity contribution is 7.54. The number of ketones is 1. The first-order valence-corrected chi connectivity index (χ1v) is 26.2. The van der Waals surface area contributed by atoms with Crippen LogP contribution in [-0.2, 0) is 25.8 Å². The molecule has 6 rings (SSSR count). The Morgan fingerprint density at radius 3 is 0.833 bits per heavy atom. The van der Waals surface area contributed by atoms with E-state index in [1.54, 1.807) is 30.3 Å². The van der Waals surface area contributed by atoms with Crippen LogP contribution in [0.2, 0.25) is 0 Å². The first-order valence-electron chi connectivity index (χ1n) is 20.9. The molecular formula is C54H73AlCl3O8+. The van der Waals surface area contributed by atoms with Gasteiger partial charge in [-0.3, -0.25) is 10.5 Å². The van der Waals surface area contributed by atoms with E-state index in [1.165, 1.54) is 25.0 Å². The van der Waals surface area contributed by atoms with Crippen LogP contribution in [0, 0.1) is 9.93 Å². The highest BCUT2D eigenvalue weighted by atomic mass is 35.8. The number of carbonyl (C=O) groups excluding carboxylic acids is 1. The number of Topliss-reactive ketones (excluding diaryl/α,β-unsaturated/α-hetero) is 1. The summed E-state index contributed by atoms with van der Waals surface area (Å²) in [7, 11) is 14.8. The van der Waals surface area contributed by atoms with Gasteiger partial charge in [0.25, 0.3) is 0 Å². The molecule has 66 heavy (non-hydrogen) atoms. The second kappa shape index (κ2) is 45.5. The molecule has 0 radical (unpaired) electrons. The predicted molar refractivity (Wildman–Crippen MR) is 285 cm³/mol. The lowest BCUT2D eigenvalue weighted by atomic mass is 9.99. The van der Waals surface area contributed by atoms with Crippen molar-refractivity contribution in [1.29, 1.82) is 0 Å². The Morgan fingerprint density at radius 1 is 0.530 bits per heavy atom. The van der Waals surface area contributed by atoms with Gasteiger partial charge in [-0.15, -0.1) is 6.58 Å². The van der Waals surface area contributed by atoms with Gasteiger partial charge in [0.2, 0.25) is 0 Å². The molecule has 0 atom stereocenters. The van der Waals surface area contributed by atoms with Gasteiger partial charge in [-0.25, -0.2) is 39.9 Å². The van der Waals surface area contributed by atoms with Crippen LogP contribution in [0.5, 0.6) is 5.75 Å². The zero-order chi connectivity index (χ0) is 51.2. The molecule has 0 aromatic heterocycles. The Balaban J connectivity index is -0.000000219. The standard InChI is InChI=1S/2C9H12O2.2C9H12.C6H6O.C6H6.C3H6O.C3H6.Al.3ClH.O2/c2*1-9(2,11-10)8-6-4-3-5-7-8;2*1-8(2)9-6-4-3-5-7-9;7-6-4-2-1-3-5-6;1-2-4-6-5-3-1;1-3(2)4;1-3-2;;;;;1-2/h2*3-7,10H,1-2H3;2*3-8H,1-2H3;1-5,7H;1-6H;1-2H3;3H,1H2,2H3;;3*1H;/q;;;;;;;;+3;;;;/p-2. The third kappa shape index (κ3) is 44.6. The molecule has 6 aromatic rings. The van der Waals surface area contributed by atoms with Crippen LogP contribution in [0.1, 0.15) is 112 Å². The molecule has 0 saturated heterocycles. The Morgan fingerprint density at radius 2 is 0.697 bits per heavy atom. The summed E-state index contributed by atoms with van der Waals surface area (Å²) in [6, 6.07) is 60.9. The van der Waals surface area contributed by atoms with Crippen molar-refractivity contribution in [2.24, 2.45) is 0 Å². The summed E-state index contributed by atoms with van der Waals surface area (Å²) in [4.78, 5) is 32.1. The molecule has 0 aliphatic heterocycles. The average molecular weight is 984 g/mol. The zero-order valence-electron chi connectivity index (χ0n) is 41.4. The van der Waals surface area contributed by atoms with Gasteiger partial charge in [0.05, 0.1) is 0 Å². The molecule has 0 aliphatic carbocycles. The lowest BCUT2D eigenvalue weighted by Crippen LogP contribution is -2.19. The number of carbonyl (C=O) groups is 1. The summed E-state index contributed by atoms with van der Waals surface area (Å²) in [5.41, 5.74) is 3.53. The highest BCUT2D eigenvalue weighted by Crippen LogP contribution is 2.23. The van der Waals surface area contributed by atoms with E-state index >= 15 is 0 Å². The minimum atomic E-state index is -1.72. The number of para-hydroxylation sites is 1. The van der Waals surface area contributed by atoms with Crippen molar-refractivity contribution >= 4 is 47.3 Å². The third-order valence-electron chi connectivity index (χ3n) is 7.75. The molecule has 360 valence electrons. The van der Waals surface area contributed by atoms with Gasteiger partial charge in [-0.2, -0.15) is 0 Å². The van der Waals surface area contributed by atoms with Crippen molar-refractivity contribution in [3.05, 3.63) is 233 Å². The van der Waals surface area contributed by atoms with Crippen molar-refractivity contribution in [1.82, 2.24) is 0 Å². The molecule has 0 bridgehead atoms. The molecule has 0 aliphatic rings. The van der Waals surface area contributed by atoms with Crippen LogP contribution in [0.15, 0.2) is 201 Å². The van der Waals surface area contributed by atoms with E-state index in [2.05, 4.69) is 92.6 Å². The van der Waals surface area contributed by atoms with Crippen LogP contribution >= 0.6 is 30.1 Å². The average Bonchev–Trinajstić information content (AvgIpc) is 3.32. The number of hydrogen-bond donors (Lipinski definition) is 3. The molecule has 12 heteroatoms. The number of rotatable bonds is 6. The van der Waals surface area contributed by atoms with E-state index in [0.717, 1.165) is 11.1 Å². The highest BCUT2D eigenvalue weighted by Gasteiger charge is 2.21. The van der Waals surface area contributed by atoms with Crippen molar-refractivity contribution in [2.45, 2.75) is 99.2 Å². The van der Waals surface area contributed by atoms with Crippen molar-refractivity contribution in [3.63, 3.8) is 0 Å². The van der Waals surface area contributed by atoms with Gasteiger partial charge in [0, 0.05) is 9.93 Å². The van der Waals surface area contributed by atoms with E-state index in [-0.39, 0.29) is 7.21 Å². The Hall–Kier alpha value is -4.63. The van der Waals surface area contributed by atoms with Gasteiger partial charge in [-0.1, -0.05) is 210 Å².